The van der Waals surface area contributed by atoms with Crippen molar-refractivity contribution in [2.45, 2.75) is 11.8 Å². The Kier molecular flexibility index (Phi) is 4.02. The molecule has 1 aromatic carbocycles. The van der Waals surface area contributed by atoms with E-state index in [2.05, 4.69) is 11.2 Å². The molecule has 0 aliphatic heterocycles. The minimum atomic E-state index is -1.10. The predicted octanol–water partition coefficient (Wildman–Crippen LogP) is 2.72. The second-order valence-corrected chi connectivity index (χ2v) is 4.03. The molecule has 15 heavy (non-hydrogen) atoms. The van der Waals surface area contributed by atoms with Crippen molar-refractivity contribution in [3.63, 3.8) is 0 Å². The van der Waals surface area contributed by atoms with E-state index in [1.54, 1.807) is 6.07 Å². The van der Waals surface area contributed by atoms with Crippen LogP contribution < -0.4 is 5.32 Å². The molecule has 0 radical (unpaired) electrons. The standard InChI is InChI=1S/C11H9Cl2NO/c1-3-8-6-4-5-7(2)9(8)14-11(15)10(12)13/h1,4-6,10H,2H3,(H,14,15). The molecule has 0 heterocycles. The molecule has 4 heteroatoms. The number of amides is 1. The number of nitrogens with one attached hydrogen (secondary N) is 1. The molecule has 0 aliphatic carbocycles. The van der Waals surface area contributed by atoms with E-state index < -0.39 is 10.7 Å². The summed E-state index contributed by atoms with van der Waals surface area (Å²) >= 11 is 10.9. The van der Waals surface area contributed by atoms with E-state index in [4.69, 9.17) is 29.6 Å². The Hall–Kier alpha value is -1.17. The SMILES string of the molecule is C#Cc1cccc(C)c1NC(=O)C(Cl)Cl. The molecule has 0 atom stereocenters. The van der Waals surface area contributed by atoms with Gasteiger partial charge in [0, 0.05) is 5.56 Å². The number of para-hydroxylation sites is 1. The maximum absolute atomic E-state index is 11.3. The fraction of sp³-hybridized carbons (Fsp3) is 0.182. The minimum Gasteiger partial charge on any atom is -0.322 e. The van der Waals surface area contributed by atoms with Crippen LogP contribution in [-0.2, 0) is 4.79 Å². The number of halogens is 2. The lowest BCUT2D eigenvalue weighted by molar-refractivity contribution is -0.114. The molecule has 0 saturated heterocycles. The molecule has 0 aliphatic rings. The van der Waals surface area contributed by atoms with Crippen LogP contribution in [0.4, 0.5) is 5.69 Å². The van der Waals surface area contributed by atoms with Gasteiger partial charge in [0.2, 0.25) is 0 Å². The number of benzene rings is 1. The molecule has 1 aromatic rings. The van der Waals surface area contributed by atoms with Crippen LogP contribution >= 0.6 is 23.2 Å². The first kappa shape index (κ1) is 11.9. The summed E-state index contributed by atoms with van der Waals surface area (Å²) < 4.78 is 0. The van der Waals surface area contributed by atoms with Crippen molar-refractivity contribution in [3.05, 3.63) is 29.3 Å². The Balaban J connectivity index is 3.04. The zero-order chi connectivity index (χ0) is 11.4. The molecular weight excluding hydrogens is 233 g/mol. The fourth-order valence-corrected chi connectivity index (χ4v) is 1.24. The van der Waals surface area contributed by atoms with Crippen LogP contribution in [0.5, 0.6) is 0 Å². The number of rotatable bonds is 2. The van der Waals surface area contributed by atoms with E-state index in [0.717, 1.165) is 5.56 Å². The molecule has 0 unspecified atom stereocenters. The Labute approximate surface area is 98.6 Å². The molecular formula is C11H9Cl2NO. The van der Waals surface area contributed by atoms with Gasteiger partial charge >= 0.3 is 0 Å². The molecule has 1 amide bonds. The van der Waals surface area contributed by atoms with Crippen molar-refractivity contribution in [1.29, 1.82) is 0 Å². The lowest BCUT2D eigenvalue weighted by Gasteiger charge is -2.10. The highest BCUT2D eigenvalue weighted by Crippen LogP contribution is 2.20. The van der Waals surface area contributed by atoms with Crippen molar-refractivity contribution >= 4 is 34.8 Å². The summed E-state index contributed by atoms with van der Waals surface area (Å²) in [6.07, 6.45) is 5.30. The summed E-state index contributed by atoms with van der Waals surface area (Å²) in [5.74, 6) is 2.00. The van der Waals surface area contributed by atoms with Gasteiger partial charge in [0.25, 0.3) is 5.91 Å². The topological polar surface area (TPSA) is 29.1 Å². The maximum atomic E-state index is 11.3. The molecule has 0 fully saturated rings. The van der Waals surface area contributed by atoms with Gasteiger partial charge < -0.3 is 5.32 Å². The second kappa shape index (κ2) is 5.06. The van der Waals surface area contributed by atoms with Crippen molar-refractivity contribution in [3.8, 4) is 12.3 Å². The molecule has 0 bridgehead atoms. The highest BCUT2D eigenvalue weighted by molar-refractivity contribution is 6.54. The van der Waals surface area contributed by atoms with Gasteiger partial charge in [-0.2, -0.15) is 0 Å². The number of alkyl halides is 2. The van der Waals surface area contributed by atoms with Crippen molar-refractivity contribution < 1.29 is 4.79 Å². The smallest absolute Gasteiger partial charge is 0.257 e. The van der Waals surface area contributed by atoms with E-state index in [9.17, 15) is 4.79 Å². The molecule has 0 spiro atoms. The number of hydrogen-bond donors (Lipinski definition) is 1. The van der Waals surface area contributed by atoms with Crippen molar-refractivity contribution in [2.75, 3.05) is 5.32 Å². The summed E-state index contributed by atoms with van der Waals surface area (Å²) in [6.45, 7) is 1.84. The van der Waals surface area contributed by atoms with Crippen LogP contribution in [0.1, 0.15) is 11.1 Å². The van der Waals surface area contributed by atoms with E-state index in [1.165, 1.54) is 0 Å². The Morgan fingerprint density at radius 1 is 1.53 bits per heavy atom. The third-order valence-electron chi connectivity index (χ3n) is 1.87. The van der Waals surface area contributed by atoms with E-state index in [0.29, 0.717) is 11.3 Å². The van der Waals surface area contributed by atoms with Gasteiger partial charge in [0.15, 0.2) is 4.84 Å². The third kappa shape index (κ3) is 2.89. The zero-order valence-electron chi connectivity index (χ0n) is 8.05. The lowest BCUT2D eigenvalue weighted by Crippen LogP contribution is -2.19. The lowest BCUT2D eigenvalue weighted by atomic mass is 10.1. The fourth-order valence-electron chi connectivity index (χ4n) is 1.13. The summed E-state index contributed by atoms with van der Waals surface area (Å²) in [6, 6.07) is 5.40. The van der Waals surface area contributed by atoms with Gasteiger partial charge in [-0.15, -0.1) is 6.42 Å². The summed E-state index contributed by atoms with van der Waals surface area (Å²) in [5, 5.41) is 2.58. The van der Waals surface area contributed by atoms with E-state index >= 15 is 0 Å². The van der Waals surface area contributed by atoms with Crippen LogP contribution in [0.25, 0.3) is 0 Å². The Morgan fingerprint density at radius 3 is 2.73 bits per heavy atom. The quantitative estimate of drug-likeness (QED) is 0.627. The number of terminal acetylenes is 1. The maximum Gasteiger partial charge on any atom is 0.257 e. The second-order valence-electron chi connectivity index (χ2n) is 2.93. The normalized spacial score (nSPS) is 9.80. The van der Waals surface area contributed by atoms with E-state index in [-0.39, 0.29) is 0 Å². The van der Waals surface area contributed by atoms with Crippen LogP contribution in [0, 0.1) is 19.3 Å². The molecule has 1 N–H and O–H groups in total. The monoisotopic (exact) mass is 241 g/mol. The molecule has 0 saturated carbocycles. The van der Waals surface area contributed by atoms with Crippen LogP contribution in [0.2, 0.25) is 0 Å². The van der Waals surface area contributed by atoms with Gasteiger partial charge in [0.05, 0.1) is 5.69 Å². The van der Waals surface area contributed by atoms with Crippen LogP contribution in [0.3, 0.4) is 0 Å². The summed E-state index contributed by atoms with van der Waals surface area (Å²) in [5.41, 5.74) is 2.06. The highest BCUT2D eigenvalue weighted by atomic mass is 35.5. The average Bonchev–Trinajstić information content (AvgIpc) is 2.20. The summed E-state index contributed by atoms with van der Waals surface area (Å²) in [4.78, 5) is 10.2. The third-order valence-corrected chi connectivity index (χ3v) is 2.27. The van der Waals surface area contributed by atoms with Crippen LogP contribution in [-0.4, -0.2) is 10.7 Å². The van der Waals surface area contributed by atoms with E-state index in [1.807, 2.05) is 19.1 Å². The van der Waals surface area contributed by atoms with Crippen LogP contribution in [0.15, 0.2) is 18.2 Å². The first-order chi connectivity index (χ1) is 7.06. The highest BCUT2D eigenvalue weighted by Gasteiger charge is 2.14. The largest absolute Gasteiger partial charge is 0.322 e. The predicted molar refractivity (Wildman–Crippen MR) is 63.2 cm³/mol. The number of carbonyl (C=O) groups is 1. The Morgan fingerprint density at radius 2 is 2.20 bits per heavy atom. The number of anilines is 1. The van der Waals surface area contributed by atoms with Gasteiger partial charge in [-0.3, -0.25) is 4.79 Å². The molecule has 78 valence electrons. The van der Waals surface area contributed by atoms with Gasteiger partial charge in [0.1, 0.15) is 0 Å². The van der Waals surface area contributed by atoms with Crippen molar-refractivity contribution in [2.24, 2.45) is 0 Å². The number of hydrogen-bond acceptors (Lipinski definition) is 1. The Bertz CT molecular complexity index is 421. The molecule has 0 aromatic heterocycles. The minimum absolute atomic E-state index is 0.482. The van der Waals surface area contributed by atoms with Crippen molar-refractivity contribution in [1.82, 2.24) is 0 Å². The molecule has 1 rings (SSSR count). The van der Waals surface area contributed by atoms with Gasteiger partial charge in [-0.1, -0.05) is 41.3 Å². The summed E-state index contributed by atoms with van der Waals surface area (Å²) in [7, 11) is 0. The first-order valence-electron chi connectivity index (χ1n) is 4.21. The molecule has 2 nitrogen and oxygen atoms in total. The number of aryl methyl sites for hydroxylation is 1. The first-order valence-corrected chi connectivity index (χ1v) is 5.08. The zero-order valence-corrected chi connectivity index (χ0v) is 9.56. The van der Waals surface area contributed by atoms with Gasteiger partial charge in [-0.25, -0.2) is 0 Å². The average molecular weight is 242 g/mol. The number of carbonyl (C=O) groups excluding carboxylic acids is 1. The van der Waals surface area contributed by atoms with Gasteiger partial charge in [-0.05, 0) is 18.6 Å².